The van der Waals surface area contributed by atoms with Crippen LogP contribution in [0.3, 0.4) is 0 Å². The Morgan fingerprint density at radius 2 is 1.58 bits per heavy atom. The van der Waals surface area contributed by atoms with Crippen LogP contribution in [0.4, 0.5) is 17.1 Å². The predicted octanol–water partition coefficient (Wildman–Crippen LogP) is 3.94. The second-order valence-electron chi connectivity index (χ2n) is 5.48. The van der Waals surface area contributed by atoms with Crippen molar-refractivity contribution in [2.75, 3.05) is 22.1 Å². The summed E-state index contributed by atoms with van der Waals surface area (Å²) in [5, 5.41) is 5.85. The first-order chi connectivity index (χ1) is 12.3. The van der Waals surface area contributed by atoms with Crippen molar-refractivity contribution in [1.29, 1.82) is 0 Å². The number of nitrogens with zero attached hydrogens (tertiary/aromatic N) is 1. The minimum atomic E-state index is -0.458. The molecule has 8 heteroatoms. The van der Waals surface area contributed by atoms with Crippen molar-refractivity contribution in [3.05, 3.63) is 52.5 Å². The predicted molar refractivity (Wildman–Crippen MR) is 104 cm³/mol. The van der Waals surface area contributed by atoms with E-state index in [-0.39, 0.29) is 24.0 Å². The van der Waals surface area contributed by atoms with Gasteiger partial charge in [0.2, 0.25) is 17.7 Å². The molecule has 0 saturated carbocycles. The lowest BCUT2D eigenvalue weighted by Gasteiger charge is -2.21. The molecule has 0 spiro atoms. The highest BCUT2D eigenvalue weighted by molar-refractivity contribution is 6.39. The normalized spacial score (nSPS) is 10.2. The average molecular weight is 394 g/mol. The maximum atomic E-state index is 12.4. The molecule has 3 amide bonds. The van der Waals surface area contributed by atoms with Crippen molar-refractivity contribution in [3.63, 3.8) is 0 Å². The van der Waals surface area contributed by atoms with Crippen LogP contribution in [0, 0.1) is 0 Å². The van der Waals surface area contributed by atoms with Gasteiger partial charge in [-0.05, 0) is 30.3 Å². The average Bonchev–Trinajstić information content (AvgIpc) is 2.55. The Hall–Kier alpha value is -2.57. The largest absolute Gasteiger partial charge is 0.326 e. The first-order valence-corrected chi connectivity index (χ1v) is 8.43. The van der Waals surface area contributed by atoms with Gasteiger partial charge in [-0.1, -0.05) is 35.3 Å². The molecule has 0 bridgehead atoms. The highest BCUT2D eigenvalue weighted by atomic mass is 35.5. The van der Waals surface area contributed by atoms with Gasteiger partial charge in [-0.3, -0.25) is 14.4 Å². The molecular formula is C18H17Cl2N3O3. The molecular weight excluding hydrogens is 377 g/mol. The first kappa shape index (κ1) is 19.8. The van der Waals surface area contributed by atoms with Gasteiger partial charge in [-0.15, -0.1) is 0 Å². The Balaban J connectivity index is 2.19. The summed E-state index contributed by atoms with van der Waals surface area (Å²) in [4.78, 5) is 36.9. The van der Waals surface area contributed by atoms with Crippen LogP contribution in [0.5, 0.6) is 0 Å². The van der Waals surface area contributed by atoms with E-state index in [9.17, 15) is 14.4 Å². The van der Waals surface area contributed by atoms with Crippen LogP contribution in [-0.2, 0) is 14.4 Å². The Labute approximate surface area is 161 Å². The number of para-hydroxylation sites is 1. The van der Waals surface area contributed by atoms with Crippen LogP contribution in [0.15, 0.2) is 42.5 Å². The fraction of sp³-hybridized carbons (Fsp3) is 0.167. The van der Waals surface area contributed by atoms with Crippen LogP contribution >= 0.6 is 23.2 Å². The molecule has 6 nitrogen and oxygen atoms in total. The van der Waals surface area contributed by atoms with Crippen LogP contribution in [0.25, 0.3) is 0 Å². The molecule has 26 heavy (non-hydrogen) atoms. The zero-order chi connectivity index (χ0) is 19.3. The van der Waals surface area contributed by atoms with E-state index in [1.54, 1.807) is 42.5 Å². The minimum absolute atomic E-state index is 0.234. The highest BCUT2D eigenvalue weighted by Crippen LogP contribution is 2.30. The summed E-state index contributed by atoms with van der Waals surface area (Å²) in [5.74, 6) is -1.02. The summed E-state index contributed by atoms with van der Waals surface area (Å²) in [6.07, 6.45) is 0. The maximum Gasteiger partial charge on any atom is 0.244 e. The number of halogens is 2. The Morgan fingerprint density at radius 1 is 0.962 bits per heavy atom. The van der Waals surface area contributed by atoms with Crippen molar-refractivity contribution >= 4 is 58.0 Å². The van der Waals surface area contributed by atoms with Gasteiger partial charge in [0, 0.05) is 25.2 Å². The lowest BCUT2D eigenvalue weighted by molar-refractivity contribution is -0.120. The van der Waals surface area contributed by atoms with Gasteiger partial charge in [0.25, 0.3) is 0 Å². The molecule has 0 heterocycles. The van der Waals surface area contributed by atoms with E-state index < -0.39 is 5.91 Å². The van der Waals surface area contributed by atoms with Crippen molar-refractivity contribution in [2.45, 2.75) is 13.8 Å². The molecule has 0 saturated heterocycles. The minimum Gasteiger partial charge on any atom is -0.326 e. The molecule has 2 N–H and O–H groups in total. The van der Waals surface area contributed by atoms with E-state index in [1.807, 2.05) is 0 Å². The molecule has 0 aliphatic heterocycles. The number of amides is 3. The monoisotopic (exact) mass is 393 g/mol. The van der Waals surface area contributed by atoms with Crippen LogP contribution < -0.4 is 15.5 Å². The molecule has 0 atom stereocenters. The van der Waals surface area contributed by atoms with Gasteiger partial charge in [-0.25, -0.2) is 0 Å². The van der Waals surface area contributed by atoms with Gasteiger partial charge in [0.15, 0.2) is 0 Å². The van der Waals surface area contributed by atoms with Gasteiger partial charge < -0.3 is 15.5 Å². The van der Waals surface area contributed by atoms with Gasteiger partial charge >= 0.3 is 0 Å². The van der Waals surface area contributed by atoms with Crippen LogP contribution in [0.1, 0.15) is 13.8 Å². The van der Waals surface area contributed by atoms with Crippen LogP contribution in [-0.4, -0.2) is 24.3 Å². The van der Waals surface area contributed by atoms with E-state index in [0.717, 1.165) is 0 Å². The molecule has 136 valence electrons. The second-order valence-corrected chi connectivity index (χ2v) is 6.30. The molecule has 2 rings (SSSR count). The number of carbonyl (C=O) groups is 3. The number of anilines is 3. The number of hydrogen-bond donors (Lipinski definition) is 2. The zero-order valence-electron chi connectivity index (χ0n) is 14.2. The fourth-order valence-electron chi connectivity index (χ4n) is 2.28. The third-order valence-corrected chi connectivity index (χ3v) is 4.02. The number of benzene rings is 2. The smallest absolute Gasteiger partial charge is 0.244 e. The summed E-state index contributed by atoms with van der Waals surface area (Å²) >= 11 is 12.1. The Kier molecular flexibility index (Phi) is 6.60. The number of rotatable bonds is 5. The number of hydrogen-bond acceptors (Lipinski definition) is 3. The molecule has 2 aromatic carbocycles. The fourth-order valence-corrected chi connectivity index (χ4v) is 2.77. The SMILES string of the molecule is CC(=O)Nc1cccc(N(CC(=O)Nc2c(Cl)cccc2Cl)C(C)=O)c1. The number of nitrogens with one attached hydrogen (secondary N) is 2. The molecule has 0 fully saturated rings. The third kappa shape index (κ3) is 5.21. The van der Waals surface area contributed by atoms with Crippen molar-refractivity contribution in [1.82, 2.24) is 0 Å². The van der Waals surface area contributed by atoms with Crippen molar-refractivity contribution < 1.29 is 14.4 Å². The molecule has 0 aliphatic rings. The van der Waals surface area contributed by atoms with E-state index in [0.29, 0.717) is 21.4 Å². The molecule has 0 radical (unpaired) electrons. The number of carbonyl (C=O) groups excluding carboxylic acids is 3. The highest BCUT2D eigenvalue weighted by Gasteiger charge is 2.18. The van der Waals surface area contributed by atoms with Gasteiger partial charge in [-0.2, -0.15) is 0 Å². The summed E-state index contributed by atoms with van der Waals surface area (Å²) in [6.45, 7) is 2.50. The second kappa shape index (κ2) is 8.69. The quantitative estimate of drug-likeness (QED) is 0.806. The first-order valence-electron chi connectivity index (χ1n) is 7.67. The third-order valence-electron chi connectivity index (χ3n) is 3.39. The lowest BCUT2D eigenvalue weighted by Crippen LogP contribution is -2.36. The summed E-state index contributed by atoms with van der Waals surface area (Å²) < 4.78 is 0. The topological polar surface area (TPSA) is 78.5 Å². The molecule has 0 unspecified atom stereocenters. The Morgan fingerprint density at radius 3 is 2.15 bits per heavy atom. The van der Waals surface area contributed by atoms with E-state index in [1.165, 1.54) is 18.7 Å². The van der Waals surface area contributed by atoms with Crippen molar-refractivity contribution in [3.8, 4) is 0 Å². The van der Waals surface area contributed by atoms with Crippen molar-refractivity contribution in [2.24, 2.45) is 0 Å². The zero-order valence-corrected chi connectivity index (χ0v) is 15.7. The van der Waals surface area contributed by atoms with Gasteiger partial charge in [0.1, 0.15) is 6.54 Å². The van der Waals surface area contributed by atoms with E-state index >= 15 is 0 Å². The Bertz CT molecular complexity index is 835. The molecule has 0 aliphatic carbocycles. The summed E-state index contributed by atoms with van der Waals surface area (Å²) in [6, 6.07) is 11.5. The van der Waals surface area contributed by atoms with Crippen LogP contribution in [0.2, 0.25) is 10.0 Å². The maximum absolute atomic E-state index is 12.4. The molecule has 2 aromatic rings. The van der Waals surface area contributed by atoms with E-state index in [2.05, 4.69) is 10.6 Å². The standard InChI is InChI=1S/C18H17Cl2N3O3/c1-11(24)21-13-5-3-6-14(9-13)23(12(2)25)10-17(26)22-18-15(19)7-4-8-16(18)20/h3-9H,10H2,1-2H3,(H,21,24)(H,22,26). The van der Waals surface area contributed by atoms with E-state index in [4.69, 9.17) is 23.2 Å². The molecule has 0 aromatic heterocycles. The summed E-state index contributed by atoms with van der Waals surface area (Å²) in [7, 11) is 0. The summed E-state index contributed by atoms with van der Waals surface area (Å²) in [5.41, 5.74) is 1.29. The van der Waals surface area contributed by atoms with Gasteiger partial charge in [0.05, 0.1) is 15.7 Å². The lowest BCUT2D eigenvalue weighted by atomic mass is 10.2.